The second-order valence-electron chi connectivity index (χ2n) is 7.14. The molecular formula is C25H24N2O4S. The first-order valence-corrected chi connectivity index (χ1v) is 11.4. The van der Waals surface area contributed by atoms with Gasteiger partial charge >= 0.3 is 0 Å². The zero-order chi connectivity index (χ0) is 22.5. The predicted octanol–water partition coefficient (Wildman–Crippen LogP) is 5.12. The molecule has 1 aliphatic rings. The van der Waals surface area contributed by atoms with E-state index < -0.39 is 0 Å². The summed E-state index contributed by atoms with van der Waals surface area (Å²) in [5.41, 5.74) is 2.89. The monoisotopic (exact) mass is 448 g/mol. The van der Waals surface area contributed by atoms with E-state index in [1.165, 1.54) is 0 Å². The van der Waals surface area contributed by atoms with Crippen LogP contribution in [0.15, 0.2) is 72.8 Å². The van der Waals surface area contributed by atoms with Crippen molar-refractivity contribution in [3.63, 3.8) is 0 Å². The summed E-state index contributed by atoms with van der Waals surface area (Å²) >= 11 is 1.56. The molecule has 7 heteroatoms. The van der Waals surface area contributed by atoms with E-state index in [-0.39, 0.29) is 17.2 Å². The number of ether oxygens (including phenoxy) is 2. The number of nitrogens with zero attached hydrogens (tertiary/aromatic N) is 1. The van der Waals surface area contributed by atoms with Crippen LogP contribution in [-0.2, 0) is 4.79 Å². The number of para-hydroxylation sites is 2. The van der Waals surface area contributed by atoms with E-state index in [9.17, 15) is 9.59 Å². The van der Waals surface area contributed by atoms with Crippen molar-refractivity contribution in [3.8, 4) is 11.5 Å². The number of nitrogens with one attached hydrogen (secondary N) is 1. The summed E-state index contributed by atoms with van der Waals surface area (Å²) in [6.45, 7) is 2.44. The maximum atomic E-state index is 12.8. The maximum Gasteiger partial charge on any atom is 0.255 e. The highest BCUT2D eigenvalue weighted by atomic mass is 32.2. The number of benzene rings is 3. The third-order valence-corrected chi connectivity index (χ3v) is 6.29. The second-order valence-corrected chi connectivity index (χ2v) is 8.20. The van der Waals surface area contributed by atoms with Crippen LogP contribution >= 0.6 is 11.8 Å². The molecule has 3 aromatic rings. The lowest BCUT2D eigenvalue weighted by molar-refractivity contribution is -0.115. The van der Waals surface area contributed by atoms with Crippen LogP contribution in [0.3, 0.4) is 0 Å². The molecule has 0 unspecified atom stereocenters. The number of methoxy groups -OCH3 is 1. The molecular weight excluding hydrogens is 424 g/mol. The average molecular weight is 449 g/mol. The number of carbonyl (C=O) groups is 2. The molecule has 164 valence electrons. The van der Waals surface area contributed by atoms with Crippen LogP contribution in [0.5, 0.6) is 11.5 Å². The van der Waals surface area contributed by atoms with Gasteiger partial charge in [0.05, 0.1) is 25.2 Å². The van der Waals surface area contributed by atoms with Crippen molar-refractivity contribution < 1.29 is 19.1 Å². The van der Waals surface area contributed by atoms with E-state index in [0.29, 0.717) is 35.1 Å². The smallest absolute Gasteiger partial charge is 0.255 e. The van der Waals surface area contributed by atoms with E-state index in [4.69, 9.17) is 9.47 Å². The summed E-state index contributed by atoms with van der Waals surface area (Å²) in [5.74, 6) is 1.57. The van der Waals surface area contributed by atoms with Crippen molar-refractivity contribution >= 4 is 35.0 Å². The Hall–Kier alpha value is -3.45. The number of hydrogen-bond donors (Lipinski definition) is 1. The fourth-order valence-electron chi connectivity index (χ4n) is 3.58. The zero-order valence-corrected chi connectivity index (χ0v) is 18.7. The summed E-state index contributed by atoms with van der Waals surface area (Å²) < 4.78 is 10.9. The number of anilines is 2. The summed E-state index contributed by atoms with van der Waals surface area (Å²) in [6.07, 6.45) is 0. The van der Waals surface area contributed by atoms with Gasteiger partial charge in [-0.3, -0.25) is 14.5 Å². The van der Waals surface area contributed by atoms with Gasteiger partial charge in [-0.15, -0.1) is 11.8 Å². The molecule has 1 heterocycles. The standard InChI is InChI=1S/C25H24N2O4S/c1-3-31-22-10-5-4-9-21(22)27-23(28)16-32-25(27)18-7-6-8-19(15-18)26-24(29)17-11-13-20(30-2)14-12-17/h4-15,25H,3,16H2,1-2H3,(H,26,29)/t25-/m1/s1. The third kappa shape index (κ3) is 4.57. The van der Waals surface area contributed by atoms with Crippen molar-refractivity contribution in [2.45, 2.75) is 12.3 Å². The fourth-order valence-corrected chi connectivity index (χ4v) is 4.74. The highest BCUT2D eigenvalue weighted by Gasteiger charge is 2.35. The quantitative estimate of drug-likeness (QED) is 0.543. The molecule has 4 rings (SSSR count). The van der Waals surface area contributed by atoms with Crippen LogP contribution < -0.4 is 19.7 Å². The Labute approximate surface area is 191 Å². The molecule has 0 spiro atoms. The van der Waals surface area contributed by atoms with E-state index >= 15 is 0 Å². The van der Waals surface area contributed by atoms with Gasteiger partial charge in [0.25, 0.3) is 5.91 Å². The largest absolute Gasteiger partial charge is 0.497 e. The first-order valence-electron chi connectivity index (χ1n) is 10.3. The van der Waals surface area contributed by atoms with E-state index in [1.54, 1.807) is 48.0 Å². The first kappa shape index (κ1) is 21.8. The normalized spacial score (nSPS) is 15.5. The Balaban J connectivity index is 1.58. The van der Waals surface area contributed by atoms with E-state index in [2.05, 4.69) is 5.32 Å². The summed E-state index contributed by atoms with van der Waals surface area (Å²) in [4.78, 5) is 27.2. The van der Waals surface area contributed by atoms with Crippen molar-refractivity contribution in [2.24, 2.45) is 0 Å². The van der Waals surface area contributed by atoms with Gasteiger partial charge in [0, 0.05) is 11.3 Å². The van der Waals surface area contributed by atoms with Gasteiger partial charge < -0.3 is 14.8 Å². The Kier molecular flexibility index (Phi) is 6.66. The Morgan fingerprint density at radius 2 is 1.88 bits per heavy atom. The molecule has 0 saturated carbocycles. The molecule has 2 amide bonds. The third-order valence-electron chi connectivity index (χ3n) is 5.07. The van der Waals surface area contributed by atoms with Crippen LogP contribution in [0.4, 0.5) is 11.4 Å². The van der Waals surface area contributed by atoms with Crippen molar-refractivity contribution in [3.05, 3.63) is 83.9 Å². The minimum absolute atomic E-state index is 0.0276. The molecule has 1 aliphatic heterocycles. The molecule has 3 aromatic carbocycles. The fraction of sp³-hybridized carbons (Fsp3) is 0.200. The lowest BCUT2D eigenvalue weighted by Crippen LogP contribution is -2.28. The number of carbonyl (C=O) groups excluding carboxylic acids is 2. The number of thioether (sulfide) groups is 1. The van der Waals surface area contributed by atoms with Gasteiger partial charge in [-0.05, 0) is 61.0 Å². The van der Waals surface area contributed by atoms with E-state index in [1.807, 2.05) is 55.5 Å². The lowest BCUT2D eigenvalue weighted by atomic mass is 10.1. The highest BCUT2D eigenvalue weighted by Crippen LogP contribution is 2.45. The lowest BCUT2D eigenvalue weighted by Gasteiger charge is -2.26. The Morgan fingerprint density at radius 3 is 2.62 bits per heavy atom. The van der Waals surface area contributed by atoms with Gasteiger partial charge in [-0.25, -0.2) is 0 Å². The minimum atomic E-state index is -0.210. The zero-order valence-electron chi connectivity index (χ0n) is 17.9. The Morgan fingerprint density at radius 1 is 1.09 bits per heavy atom. The molecule has 0 aliphatic carbocycles. The topological polar surface area (TPSA) is 67.9 Å². The van der Waals surface area contributed by atoms with Gasteiger partial charge in [-0.1, -0.05) is 24.3 Å². The SMILES string of the molecule is CCOc1ccccc1N1C(=O)CS[C@@H]1c1cccc(NC(=O)c2ccc(OC)cc2)c1. The van der Waals surface area contributed by atoms with Gasteiger partial charge in [-0.2, -0.15) is 0 Å². The molecule has 1 N–H and O–H groups in total. The average Bonchev–Trinajstić information content (AvgIpc) is 3.21. The van der Waals surface area contributed by atoms with Gasteiger partial charge in [0.1, 0.15) is 16.9 Å². The number of amides is 2. The molecule has 6 nitrogen and oxygen atoms in total. The highest BCUT2D eigenvalue weighted by molar-refractivity contribution is 8.00. The number of rotatable bonds is 7. The summed E-state index contributed by atoms with van der Waals surface area (Å²) in [5, 5.41) is 2.73. The number of hydrogen-bond acceptors (Lipinski definition) is 5. The molecule has 0 aromatic heterocycles. The first-order chi connectivity index (χ1) is 15.6. The van der Waals surface area contributed by atoms with E-state index in [0.717, 1.165) is 11.3 Å². The molecule has 1 atom stereocenters. The summed E-state index contributed by atoms with van der Waals surface area (Å²) in [7, 11) is 1.59. The summed E-state index contributed by atoms with van der Waals surface area (Å²) in [6, 6.07) is 22.1. The van der Waals surface area contributed by atoms with Gasteiger partial charge in [0.15, 0.2) is 0 Å². The van der Waals surface area contributed by atoms with Crippen molar-refractivity contribution in [1.29, 1.82) is 0 Å². The maximum absolute atomic E-state index is 12.8. The predicted molar refractivity (Wildman–Crippen MR) is 128 cm³/mol. The molecule has 0 radical (unpaired) electrons. The van der Waals surface area contributed by atoms with Crippen LogP contribution in [-0.4, -0.2) is 31.3 Å². The molecule has 1 saturated heterocycles. The van der Waals surface area contributed by atoms with Crippen molar-refractivity contribution in [1.82, 2.24) is 0 Å². The molecule has 32 heavy (non-hydrogen) atoms. The van der Waals surface area contributed by atoms with Crippen LogP contribution in [0, 0.1) is 0 Å². The van der Waals surface area contributed by atoms with Crippen LogP contribution in [0.1, 0.15) is 28.2 Å². The molecule has 0 bridgehead atoms. The second kappa shape index (κ2) is 9.78. The Bertz CT molecular complexity index is 1120. The minimum Gasteiger partial charge on any atom is -0.497 e. The van der Waals surface area contributed by atoms with Crippen molar-refractivity contribution in [2.75, 3.05) is 29.7 Å². The van der Waals surface area contributed by atoms with Crippen LogP contribution in [0.25, 0.3) is 0 Å². The van der Waals surface area contributed by atoms with Gasteiger partial charge in [0.2, 0.25) is 5.91 Å². The van der Waals surface area contributed by atoms with Crippen LogP contribution in [0.2, 0.25) is 0 Å². The molecule has 1 fully saturated rings.